The fourth-order valence-electron chi connectivity index (χ4n) is 2.60. The molecule has 2 rings (SSSR count). The summed E-state index contributed by atoms with van der Waals surface area (Å²) < 4.78 is 26.1. The molecule has 0 aliphatic heterocycles. The minimum Gasteiger partial charge on any atom is -0.393 e. The maximum absolute atomic E-state index is 13.4. The zero-order chi connectivity index (χ0) is 13.7. The van der Waals surface area contributed by atoms with Crippen molar-refractivity contribution >= 4 is 0 Å². The Morgan fingerprint density at radius 2 is 1.89 bits per heavy atom. The molecule has 1 aromatic carbocycles. The van der Waals surface area contributed by atoms with Crippen LogP contribution in [0.5, 0.6) is 0 Å². The molecule has 0 radical (unpaired) electrons. The minimum absolute atomic E-state index is 0.121. The van der Waals surface area contributed by atoms with Crippen LogP contribution in [-0.2, 0) is 6.42 Å². The average Bonchev–Trinajstić information content (AvgIpc) is 2.39. The molecular weight excluding hydrogens is 248 g/mol. The molecule has 1 aliphatic carbocycles. The van der Waals surface area contributed by atoms with Gasteiger partial charge in [0.15, 0.2) is 0 Å². The number of nitrogens with one attached hydrogen (secondary N) is 1. The van der Waals surface area contributed by atoms with Crippen molar-refractivity contribution in [2.45, 2.75) is 38.2 Å². The van der Waals surface area contributed by atoms with Crippen molar-refractivity contribution in [3.8, 4) is 0 Å². The highest BCUT2D eigenvalue weighted by atomic mass is 19.1. The molecule has 0 atom stereocenters. The molecule has 19 heavy (non-hydrogen) atoms. The predicted molar refractivity (Wildman–Crippen MR) is 70.9 cm³/mol. The number of hydrogen-bond donors (Lipinski definition) is 2. The molecule has 0 bridgehead atoms. The molecule has 0 aromatic heterocycles. The summed E-state index contributed by atoms with van der Waals surface area (Å²) in [6, 6.07) is 3.72. The van der Waals surface area contributed by atoms with Crippen LogP contribution in [-0.4, -0.2) is 24.3 Å². The normalized spacial score (nSPS) is 23.5. The molecule has 4 heteroatoms. The first-order chi connectivity index (χ1) is 9.15. The van der Waals surface area contributed by atoms with Gasteiger partial charge in [-0.05, 0) is 62.7 Å². The van der Waals surface area contributed by atoms with E-state index in [0.717, 1.165) is 38.3 Å². The van der Waals surface area contributed by atoms with Crippen LogP contribution in [0.25, 0.3) is 0 Å². The van der Waals surface area contributed by atoms with E-state index in [-0.39, 0.29) is 6.10 Å². The second kappa shape index (κ2) is 6.96. The molecule has 0 unspecified atom stereocenters. The lowest BCUT2D eigenvalue weighted by atomic mass is 9.87. The quantitative estimate of drug-likeness (QED) is 0.805. The summed E-state index contributed by atoms with van der Waals surface area (Å²) >= 11 is 0. The largest absolute Gasteiger partial charge is 0.393 e. The fraction of sp³-hybridized carbons (Fsp3) is 0.600. The van der Waals surface area contributed by atoms with Gasteiger partial charge in [0.05, 0.1) is 6.10 Å². The third-order valence-corrected chi connectivity index (χ3v) is 3.84. The Kier molecular flexibility index (Phi) is 5.28. The van der Waals surface area contributed by atoms with Gasteiger partial charge in [0.1, 0.15) is 11.6 Å². The third kappa shape index (κ3) is 4.55. The molecule has 1 fully saturated rings. The first kappa shape index (κ1) is 14.4. The van der Waals surface area contributed by atoms with Crippen molar-refractivity contribution in [3.05, 3.63) is 35.4 Å². The van der Waals surface area contributed by atoms with E-state index in [4.69, 9.17) is 0 Å². The van der Waals surface area contributed by atoms with Crippen molar-refractivity contribution < 1.29 is 13.9 Å². The Morgan fingerprint density at radius 3 is 2.58 bits per heavy atom. The topological polar surface area (TPSA) is 32.3 Å². The van der Waals surface area contributed by atoms with E-state index in [1.165, 1.54) is 12.1 Å². The van der Waals surface area contributed by atoms with Gasteiger partial charge in [0.2, 0.25) is 0 Å². The van der Waals surface area contributed by atoms with Gasteiger partial charge in [-0.15, -0.1) is 0 Å². The van der Waals surface area contributed by atoms with Gasteiger partial charge >= 0.3 is 0 Å². The molecule has 106 valence electrons. The summed E-state index contributed by atoms with van der Waals surface area (Å²) in [7, 11) is 0. The number of rotatable bonds is 5. The number of hydrogen-bond acceptors (Lipinski definition) is 2. The standard InChI is InChI=1S/C15H21F2NO/c16-13-4-3-12(15(17)9-13)7-8-18-10-11-1-5-14(19)6-2-11/h3-4,9,11,14,18-19H,1-2,5-8,10H2. The van der Waals surface area contributed by atoms with Crippen molar-refractivity contribution in [1.29, 1.82) is 0 Å². The Balaban J connectivity index is 1.66. The van der Waals surface area contributed by atoms with E-state index < -0.39 is 11.6 Å². The molecule has 1 aliphatic rings. The summed E-state index contributed by atoms with van der Waals surface area (Å²) in [5.41, 5.74) is 0.549. The molecule has 0 saturated heterocycles. The van der Waals surface area contributed by atoms with Crippen LogP contribution in [0, 0.1) is 17.6 Å². The molecule has 2 N–H and O–H groups in total. The van der Waals surface area contributed by atoms with Gasteiger partial charge in [-0.1, -0.05) is 6.07 Å². The van der Waals surface area contributed by atoms with E-state index in [0.29, 0.717) is 24.4 Å². The molecular formula is C15H21F2NO. The van der Waals surface area contributed by atoms with Crippen molar-refractivity contribution in [3.63, 3.8) is 0 Å². The Hall–Kier alpha value is -1.00. The Labute approximate surface area is 112 Å². The summed E-state index contributed by atoms with van der Waals surface area (Å²) in [4.78, 5) is 0. The Morgan fingerprint density at radius 1 is 1.16 bits per heavy atom. The molecule has 1 aromatic rings. The zero-order valence-corrected chi connectivity index (χ0v) is 11.0. The molecule has 2 nitrogen and oxygen atoms in total. The summed E-state index contributed by atoms with van der Waals surface area (Å²) in [6.45, 7) is 1.61. The lowest BCUT2D eigenvalue weighted by Crippen LogP contribution is -2.29. The van der Waals surface area contributed by atoms with Gasteiger partial charge < -0.3 is 10.4 Å². The van der Waals surface area contributed by atoms with Crippen LogP contribution in [0.15, 0.2) is 18.2 Å². The lowest BCUT2D eigenvalue weighted by molar-refractivity contribution is 0.108. The monoisotopic (exact) mass is 269 g/mol. The number of aliphatic hydroxyl groups is 1. The summed E-state index contributed by atoms with van der Waals surface area (Å²) in [6.07, 6.45) is 4.34. The zero-order valence-electron chi connectivity index (χ0n) is 11.0. The minimum atomic E-state index is -0.532. The first-order valence-electron chi connectivity index (χ1n) is 6.98. The van der Waals surface area contributed by atoms with Crippen molar-refractivity contribution in [1.82, 2.24) is 5.32 Å². The van der Waals surface area contributed by atoms with E-state index in [1.54, 1.807) is 0 Å². The van der Waals surface area contributed by atoms with Gasteiger partial charge in [-0.3, -0.25) is 0 Å². The van der Waals surface area contributed by atoms with Gasteiger partial charge in [-0.2, -0.15) is 0 Å². The van der Waals surface area contributed by atoms with Crippen LogP contribution in [0.3, 0.4) is 0 Å². The highest BCUT2D eigenvalue weighted by Gasteiger charge is 2.18. The maximum atomic E-state index is 13.4. The second-order valence-electron chi connectivity index (χ2n) is 5.36. The van der Waals surface area contributed by atoms with Gasteiger partial charge in [-0.25, -0.2) is 8.78 Å². The maximum Gasteiger partial charge on any atom is 0.129 e. The second-order valence-corrected chi connectivity index (χ2v) is 5.36. The third-order valence-electron chi connectivity index (χ3n) is 3.84. The van der Waals surface area contributed by atoms with E-state index in [2.05, 4.69) is 5.32 Å². The van der Waals surface area contributed by atoms with Crippen molar-refractivity contribution in [2.75, 3.05) is 13.1 Å². The summed E-state index contributed by atoms with van der Waals surface area (Å²) in [5, 5.41) is 12.7. The van der Waals surface area contributed by atoms with Crippen LogP contribution in [0.1, 0.15) is 31.2 Å². The highest BCUT2D eigenvalue weighted by molar-refractivity contribution is 5.18. The predicted octanol–water partition coefficient (Wildman–Crippen LogP) is 2.65. The first-order valence-corrected chi connectivity index (χ1v) is 6.98. The smallest absolute Gasteiger partial charge is 0.129 e. The SMILES string of the molecule is OC1CCC(CNCCc2ccc(F)cc2F)CC1. The Bertz CT molecular complexity index is 403. The van der Waals surface area contributed by atoms with Crippen LogP contribution in [0.2, 0.25) is 0 Å². The molecule has 0 spiro atoms. The van der Waals surface area contributed by atoms with Gasteiger partial charge in [0, 0.05) is 6.07 Å². The number of halogens is 2. The van der Waals surface area contributed by atoms with E-state index in [1.807, 2.05) is 0 Å². The van der Waals surface area contributed by atoms with Gasteiger partial charge in [0.25, 0.3) is 0 Å². The summed E-state index contributed by atoms with van der Waals surface area (Å²) in [5.74, 6) is -0.390. The molecule has 0 heterocycles. The van der Waals surface area contributed by atoms with Crippen LogP contribution in [0.4, 0.5) is 8.78 Å². The highest BCUT2D eigenvalue weighted by Crippen LogP contribution is 2.23. The number of aliphatic hydroxyl groups excluding tert-OH is 1. The average molecular weight is 269 g/mol. The molecule has 1 saturated carbocycles. The number of benzene rings is 1. The molecule has 0 amide bonds. The fourth-order valence-corrected chi connectivity index (χ4v) is 2.60. The van der Waals surface area contributed by atoms with E-state index in [9.17, 15) is 13.9 Å². The lowest BCUT2D eigenvalue weighted by Gasteiger charge is -2.25. The van der Waals surface area contributed by atoms with Crippen molar-refractivity contribution in [2.24, 2.45) is 5.92 Å². The van der Waals surface area contributed by atoms with E-state index >= 15 is 0 Å². The van der Waals surface area contributed by atoms with Crippen LogP contribution < -0.4 is 5.32 Å². The van der Waals surface area contributed by atoms with Crippen LogP contribution >= 0.6 is 0 Å².